The molecule has 0 rings (SSSR count). The zero-order valence-electron chi connectivity index (χ0n) is 10.6. The Labute approximate surface area is 105 Å². The second kappa shape index (κ2) is 11.3. The van der Waals surface area contributed by atoms with Gasteiger partial charge in [-0.2, -0.15) is 0 Å². The van der Waals surface area contributed by atoms with Crippen molar-refractivity contribution < 1.29 is 9.53 Å². The standard InChI is InChI=1S/C13H25ClO2/c1-12(2)8-6-4-3-5-7-11-16-13(15)9-10-14/h12H,3-11H2,1-2H3. The molecule has 96 valence electrons. The number of hydrogen-bond acceptors (Lipinski definition) is 2. The van der Waals surface area contributed by atoms with Crippen LogP contribution in [0.3, 0.4) is 0 Å². The fraction of sp³-hybridized carbons (Fsp3) is 0.923. The number of carbonyl (C=O) groups is 1. The monoisotopic (exact) mass is 248 g/mol. The number of esters is 1. The summed E-state index contributed by atoms with van der Waals surface area (Å²) in [5.41, 5.74) is 0. The van der Waals surface area contributed by atoms with E-state index < -0.39 is 0 Å². The summed E-state index contributed by atoms with van der Waals surface area (Å²) in [6.45, 7) is 5.08. The Morgan fingerprint density at radius 3 is 2.38 bits per heavy atom. The minimum absolute atomic E-state index is 0.171. The van der Waals surface area contributed by atoms with Gasteiger partial charge in [-0.3, -0.25) is 4.79 Å². The van der Waals surface area contributed by atoms with Crippen molar-refractivity contribution >= 4 is 17.6 Å². The Morgan fingerprint density at radius 1 is 1.12 bits per heavy atom. The van der Waals surface area contributed by atoms with Crippen LogP contribution in [-0.4, -0.2) is 18.5 Å². The maximum Gasteiger partial charge on any atom is 0.306 e. The van der Waals surface area contributed by atoms with Crippen molar-refractivity contribution in [3.8, 4) is 0 Å². The van der Waals surface area contributed by atoms with Gasteiger partial charge in [-0.15, -0.1) is 11.6 Å². The Balaban J connectivity index is 3.07. The first-order valence-corrected chi connectivity index (χ1v) is 6.92. The maximum absolute atomic E-state index is 10.9. The average molecular weight is 249 g/mol. The van der Waals surface area contributed by atoms with Crippen LogP contribution in [0, 0.1) is 5.92 Å². The molecule has 16 heavy (non-hydrogen) atoms. The molecule has 2 nitrogen and oxygen atoms in total. The fourth-order valence-corrected chi connectivity index (χ4v) is 1.67. The SMILES string of the molecule is CC(C)CCCCCCCOC(=O)CCCl. The average Bonchev–Trinajstić information content (AvgIpc) is 2.22. The molecule has 3 heteroatoms. The summed E-state index contributed by atoms with van der Waals surface area (Å²) >= 11 is 5.42. The summed E-state index contributed by atoms with van der Waals surface area (Å²) in [6.07, 6.45) is 7.67. The number of halogens is 1. The molecule has 0 fully saturated rings. The van der Waals surface area contributed by atoms with E-state index in [1.54, 1.807) is 0 Å². The van der Waals surface area contributed by atoms with Gasteiger partial charge in [0.05, 0.1) is 13.0 Å². The van der Waals surface area contributed by atoms with Gasteiger partial charge in [-0.25, -0.2) is 0 Å². The van der Waals surface area contributed by atoms with Gasteiger partial charge in [-0.1, -0.05) is 46.0 Å². The molecule has 0 atom stereocenters. The van der Waals surface area contributed by atoms with Crippen LogP contribution in [0.15, 0.2) is 0 Å². The number of ether oxygens (including phenoxy) is 1. The van der Waals surface area contributed by atoms with Crippen LogP contribution in [-0.2, 0) is 9.53 Å². The van der Waals surface area contributed by atoms with Gasteiger partial charge in [0.2, 0.25) is 0 Å². The van der Waals surface area contributed by atoms with E-state index in [1.165, 1.54) is 25.7 Å². The first kappa shape index (κ1) is 15.8. The Morgan fingerprint density at radius 2 is 1.75 bits per heavy atom. The van der Waals surface area contributed by atoms with Gasteiger partial charge in [0.15, 0.2) is 0 Å². The number of hydrogen-bond donors (Lipinski definition) is 0. The highest BCUT2D eigenvalue weighted by molar-refractivity contribution is 6.18. The van der Waals surface area contributed by atoms with Crippen molar-refractivity contribution in [3.05, 3.63) is 0 Å². The van der Waals surface area contributed by atoms with E-state index in [9.17, 15) is 4.79 Å². The molecule has 0 aliphatic heterocycles. The van der Waals surface area contributed by atoms with E-state index in [0.717, 1.165) is 18.8 Å². The van der Waals surface area contributed by atoms with Crippen LogP contribution >= 0.6 is 11.6 Å². The molecule has 0 aromatic heterocycles. The summed E-state index contributed by atoms with van der Waals surface area (Å²) in [6, 6.07) is 0. The lowest BCUT2D eigenvalue weighted by Crippen LogP contribution is -2.06. The summed E-state index contributed by atoms with van der Waals surface area (Å²) in [5.74, 6) is 1.000. The summed E-state index contributed by atoms with van der Waals surface area (Å²) in [4.78, 5) is 10.9. The summed E-state index contributed by atoms with van der Waals surface area (Å²) in [5, 5.41) is 0. The van der Waals surface area contributed by atoms with Crippen LogP contribution < -0.4 is 0 Å². The predicted molar refractivity (Wildman–Crippen MR) is 68.8 cm³/mol. The second-order valence-electron chi connectivity index (χ2n) is 4.61. The highest BCUT2D eigenvalue weighted by atomic mass is 35.5. The maximum atomic E-state index is 10.9. The third-order valence-electron chi connectivity index (χ3n) is 2.49. The number of alkyl halides is 1. The number of rotatable bonds is 10. The summed E-state index contributed by atoms with van der Waals surface area (Å²) in [7, 11) is 0. The molecule has 0 N–H and O–H groups in total. The molecule has 0 saturated heterocycles. The molecular weight excluding hydrogens is 224 g/mol. The van der Waals surface area contributed by atoms with E-state index in [-0.39, 0.29) is 5.97 Å². The molecule has 0 spiro atoms. The zero-order valence-corrected chi connectivity index (χ0v) is 11.4. The molecule has 0 heterocycles. The molecule has 0 radical (unpaired) electrons. The molecular formula is C13H25ClO2. The molecule has 0 amide bonds. The van der Waals surface area contributed by atoms with Crippen LogP contribution in [0.1, 0.15) is 58.8 Å². The molecule has 0 unspecified atom stereocenters. The molecule has 0 saturated carbocycles. The minimum atomic E-state index is -0.171. The lowest BCUT2D eigenvalue weighted by molar-refractivity contribution is -0.143. The molecule has 0 bridgehead atoms. The largest absolute Gasteiger partial charge is 0.466 e. The first-order valence-electron chi connectivity index (χ1n) is 6.38. The Bertz CT molecular complexity index is 169. The smallest absolute Gasteiger partial charge is 0.306 e. The number of unbranched alkanes of at least 4 members (excludes halogenated alkanes) is 4. The van der Waals surface area contributed by atoms with E-state index in [0.29, 0.717) is 18.9 Å². The van der Waals surface area contributed by atoms with Crippen molar-refractivity contribution in [2.75, 3.05) is 12.5 Å². The normalized spacial score (nSPS) is 10.8. The van der Waals surface area contributed by atoms with Crippen molar-refractivity contribution in [2.24, 2.45) is 5.92 Å². The lowest BCUT2D eigenvalue weighted by atomic mass is 10.0. The minimum Gasteiger partial charge on any atom is -0.466 e. The van der Waals surface area contributed by atoms with Gasteiger partial charge < -0.3 is 4.74 Å². The van der Waals surface area contributed by atoms with E-state index in [4.69, 9.17) is 16.3 Å². The molecule has 0 aromatic rings. The topological polar surface area (TPSA) is 26.3 Å². The lowest BCUT2D eigenvalue weighted by Gasteiger charge is -2.05. The van der Waals surface area contributed by atoms with Gasteiger partial charge in [0, 0.05) is 5.88 Å². The highest BCUT2D eigenvalue weighted by Crippen LogP contribution is 2.10. The highest BCUT2D eigenvalue weighted by Gasteiger charge is 2.00. The zero-order chi connectivity index (χ0) is 12.2. The Hall–Kier alpha value is -0.240. The van der Waals surface area contributed by atoms with E-state index >= 15 is 0 Å². The van der Waals surface area contributed by atoms with E-state index in [1.807, 2.05) is 0 Å². The van der Waals surface area contributed by atoms with Gasteiger partial charge in [-0.05, 0) is 12.3 Å². The van der Waals surface area contributed by atoms with Crippen molar-refractivity contribution in [2.45, 2.75) is 58.8 Å². The third-order valence-corrected chi connectivity index (χ3v) is 2.68. The quantitative estimate of drug-likeness (QED) is 0.330. The van der Waals surface area contributed by atoms with Crippen molar-refractivity contribution in [1.82, 2.24) is 0 Å². The van der Waals surface area contributed by atoms with Gasteiger partial charge in [0.1, 0.15) is 0 Å². The van der Waals surface area contributed by atoms with Crippen molar-refractivity contribution in [3.63, 3.8) is 0 Å². The van der Waals surface area contributed by atoms with Gasteiger partial charge in [0.25, 0.3) is 0 Å². The third kappa shape index (κ3) is 11.8. The molecule has 0 aliphatic carbocycles. The predicted octanol–water partition coefficient (Wildman–Crippen LogP) is 4.16. The van der Waals surface area contributed by atoms with E-state index in [2.05, 4.69) is 13.8 Å². The molecule has 0 aliphatic rings. The van der Waals surface area contributed by atoms with Crippen LogP contribution in [0.25, 0.3) is 0 Å². The van der Waals surface area contributed by atoms with Gasteiger partial charge >= 0.3 is 5.97 Å². The van der Waals surface area contributed by atoms with Crippen LogP contribution in [0.2, 0.25) is 0 Å². The first-order chi connectivity index (χ1) is 7.66. The van der Waals surface area contributed by atoms with Crippen molar-refractivity contribution in [1.29, 1.82) is 0 Å². The fourth-order valence-electron chi connectivity index (χ4n) is 1.52. The number of carbonyl (C=O) groups excluding carboxylic acids is 1. The molecule has 0 aromatic carbocycles. The second-order valence-corrected chi connectivity index (χ2v) is 4.99. The van der Waals surface area contributed by atoms with Crippen LogP contribution in [0.4, 0.5) is 0 Å². The summed E-state index contributed by atoms with van der Waals surface area (Å²) < 4.78 is 5.00. The Kier molecular flexibility index (Phi) is 11.1. The van der Waals surface area contributed by atoms with Crippen LogP contribution in [0.5, 0.6) is 0 Å².